The molecular formula is C35H45N3O5. The summed E-state index contributed by atoms with van der Waals surface area (Å²) in [5.41, 5.74) is 2.29. The molecule has 43 heavy (non-hydrogen) atoms. The molecule has 230 valence electrons. The third-order valence-corrected chi connectivity index (χ3v) is 7.39. The molecule has 0 saturated carbocycles. The normalized spacial score (nSPS) is 13.0. The lowest BCUT2D eigenvalue weighted by Gasteiger charge is -2.44. The minimum Gasteiger partial charge on any atom is -0.508 e. The number of phenols is 1. The number of aryl methyl sites for hydroxylation is 2. The minimum atomic E-state index is -1.07. The van der Waals surface area contributed by atoms with Crippen molar-refractivity contribution in [3.8, 4) is 5.75 Å². The van der Waals surface area contributed by atoms with Crippen molar-refractivity contribution in [1.82, 2.24) is 10.2 Å². The maximum atomic E-state index is 14.8. The fourth-order valence-corrected chi connectivity index (χ4v) is 4.80. The molecule has 0 aliphatic rings. The van der Waals surface area contributed by atoms with Gasteiger partial charge in [-0.05, 0) is 89.8 Å². The molecular weight excluding hydrogens is 542 g/mol. The van der Waals surface area contributed by atoms with Gasteiger partial charge >= 0.3 is 6.09 Å². The highest BCUT2D eigenvalue weighted by atomic mass is 16.6. The molecule has 3 aromatic carbocycles. The van der Waals surface area contributed by atoms with E-state index in [2.05, 4.69) is 10.6 Å². The maximum absolute atomic E-state index is 14.8. The van der Waals surface area contributed by atoms with Crippen LogP contribution in [-0.2, 0) is 20.7 Å². The molecule has 0 aliphatic heterocycles. The average molecular weight is 588 g/mol. The van der Waals surface area contributed by atoms with Gasteiger partial charge in [0.25, 0.3) is 5.91 Å². The molecule has 3 rings (SSSR count). The summed E-state index contributed by atoms with van der Waals surface area (Å²) in [7, 11) is 0. The number of anilines is 1. The SMILES string of the molecule is CCC(C)(C)N(C(=O)C(Cc1ccc(O)cc1)NC(=O)OC(C)(C)C)C(C(=O)Nc1ccccc1C)c1cccc(C)c1. The summed E-state index contributed by atoms with van der Waals surface area (Å²) in [6.45, 7) is 14.9. The second-order valence-corrected chi connectivity index (χ2v) is 12.6. The number of hydrogen-bond donors (Lipinski definition) is 3. The van der Waals surface area contributed by atoms with Gasteiger partial charge in [0.1, 0.15) is 23.4 Å². The van der Waals surface area contributed by atoms with Crippen LogP contribution < -0.4 is 10.6 Å². The van der Waals surface area contributed by atoms with Gasteiger partial charge in [0.2, 0.25) is 5.91 Å². The highest BCUT2D eigenvalue weighted by Crippen LogP contribution is 2.34. The van der Waals surface area contributed by atoms with Gasteiger partial charge in [-0.3, -0.25) is 9.59 Å². The molecule has 0 spiro atoms. The van der Waals surface area contributed by atoms with Crippen molar-refractivity contribution in [1.29, 1.82) is 0 Å². The Morgan fingerprint density at radius 3 is 2.14 bits per heavy atom. The van der Waals surface area contributed by atoms with Crippen molar-refractivity contribution in [2.45, 2.75) is 91.5 Å². The van der Waals surface area contributed by atoms with Crippen LogP contribution >= 0.6 is 0 Å². The van der Waals surface area contributed by atoms with E-state index in [1.54, 1.807) is 37.8 Å². The molecule has 3 aromatic rings. The number of ether oxygens (including phenoxy) is 1. The topological polar surface area (TPSA) is 108 Å². The fraction of sp³-hybridized carbons (Fsp3) is 0.400. The largest absolute Gasteiger partial charge is 0.508 e. The number of carbonyl (C=O) groups is 3. The quantitative estimate of drug-likeness (QED) is 0.241. The van der Waals surface area contributed by atoms with Gasteiger partial charge in [0.05, 0.1) is 0 Å². The van der Waals surface area contributed by atoms with E-state index < -0.39 is 35.2 Å². The van der Waals surface area contributed by atoms with Crippen LogP contribution in [-0.4, -0.2) is 45.1 Å². The lowest BCUT2D eigenvalue weighted by molar-refractivity contribution is -0.147. The van der Waals surface area contributed by atoms with Crippen molar-refractivity contribution < 1.29 is 24.2 Å². The smallest absolute Gasteiger partial charge is 0.408 e. The zero-order chi connectivity index (χ0) is 31.9. The number of para-hydroxylation sites is 1. The first kappa shape index (κ1) is 33.2. The number of hydrogen-bond acceptors (Lipinski definition) is 5. The molecule has 0 bridgehead atoms. The predicted octanol–water partition coefficient (Wildman–Crippen LogP) is 6.84. The first-order chi connectivity index (χ1) is 20.1. The summed E-state index contributed by atoms with van der Waals surface area (Å²) >= 11 is 0. The molecule has 8 nitrogen and oxygen atoms in total. The molecule has 3 N–H and O–H groups in total. The summed E-state index contributed by atoms with van der Waals surface area (Å²) in [5, 5.41) is 15.6. The Kier molecular flexibility index (Phi) is 10.6. The summed E-state index contributed by atoms with van der Waals surface area (Å²) in [6, 6.07) is 19.4. The zero-order valence-corrected chi connectivity index (χ0v) is 26.5. The fourth-order valence-electron chi connectivity index (χ4n) is 4.80. The molecule has 2 unspecified atom stereocenters. The molecule has 0 fully saturated rings. The number of alkyl carbamates (subject to hydrolysis) is 1. The highest BCUT2D eigenvalue weighted by Gasteiger charge is 2.43. The Morgan fingerprint density at radius 2 is 1.56 bits per heavy atom. The van der Waals surface area contributed by atoms with Gasteiger partial charge in [-0.15, -0.1) is 0 Å². The molecule has 2 atom stereocenters. The first-order valence-corrected chi connectivity index (χ1v) is 14.6. The Hall–Kier alpha value is -4.33. The third kappa shape index (κ3) is 9.08. The second kappa shape index (κ2) is 13.8. The number of rotatable bonds is 10. The van der Waals surface area contributed by atoms with Crippen LogP contribution in [0.2, 0.25) is 0 Å². The van der Waals surface area contributed by atoms with Gasteiger partial charge in [-0.1, -0.05) is 67.1 Å². The van der Waals surface area contributed by atoms with Gasteiger partial charge < -0.3 is 25.4 Å². The first-order valence-electron chi connectivity index (χ1n) is 14.6. The van der Waals surface area contributed by atoms with Crippen molar-refractivity contribution >= 4 is 23.6 Å². The van der Waals surface area contributed by atoms with Crippen LogP contribution in [0.15, 0.2) is 72.8 Å². The highest BCUT2D eigenvalue weighted by molar-refractivity contribution is 5.99. The van der Waals surface area contributed by atoms with Gasteiger partial charge in [-0.2, -0.15) is 0 Å². The predicted molar refractivity (Wildman–Crippen MR) is 170 cm³/mol. The molecule has 3 amide bonds. The average Bonchev–Trinajstić information content (AvgIpc) is 2.92. The standard InChI is InChI=1S/C35H45N3O5/c1-9-35(7,8)38(30(26-15-12-13-23(2)21-26)31(40)36-28-16-11-10-14-24(28)3)32(41)29(37-33(42)43-34(4,5)6)22-25-17-19-27(39)20-18-25/h10-21,29-30,39H,9,22H2,1-8H3,(H,36,40)(H,37,42). The summed E-state index contributed by atoms with van der Waals surface area (Å²) in [6.07, 6.45) is -0.0820. The van der Waals surface area contributed by atoms with E-state index in [9.17, 15) is 19.5 Å². The number of benzene rings is 3. The van der Waals surface area contributed by atoms with E-state index in [-0.39, 0.29) is 18.1 Å². The second-order valence-electron chi connectivity index (χ2n) is 12.6. The number of amides is 3. The molecule has 8 heteroatoms. The number of phenolic OH excluding ortho intramolecular Hbond substituents is 1. The van der Waals surface area contributed by atoms with E-state index in [0.29, 0.717) is 17.7 Å². The van der Waals surface area contributed by atoms with Crippen molar-refractivity contribution in [3.05, 3.63) is 95.1 Å². The molecule has 0 saturated heterocycles. The number of nitrogens with zero attached hydrogens (tertiary/aromatic N) is 1. The molecule has 0 aliphatic carbocycles. The van der Waals surface area contributed by atoms with Gasteiger partial charge in [-0.25, -0.2) is 4.79 Å². The molecule has 0 heterocycles. The Labute approximate surface area is 255 Å². The number of carbonyl (C=O) groups excluding carboxylic acids is 3. The maximum Gasteiger partial charge on any atom is 0.408 e. The summed E-state index contributed by atoms with van der Waals surface area (Å²) in [4.78, 5) is 43.7. The van der Waals surface area contributed by atoms with Gasteiger partial charge in [0, 0.05) is 17.6 Å². The van der Waals surface area contributed by atoms with Crippen molar-refractivity contribution in [3.63, 3.8) is 0 Å². The van der Waals surface area contributed by atoms with Crippen LogP contribution in [0, 0.1) is 13.8 Å². The lowest BCUT2D eigenvalue weighted by atomic mass is 9.90. The summed E-state index contributed by atoms with van der Waals surface area (Å²) < 4.78 is 5.53. The monoisotopic (exact) mass is 587 g/mol. The third-order valence-electron chi connectivity index (χ3n) is 7.39. The Balaban J connectivity index is 2.15. The zero-order valence-electron chi connectivity index (χ0n) is 26.5. The molecule has 0 radical (unpaired) electrons. The number of nitrogens with one attached hydrogen (secondary N) is 2. The van der Waals surface area contributed by atoms with Crippen molar-refractivity contribution in [2.24, 2.45) is 0 Å². The Bertz CT molecular complexity index is 1430. The van der Waals surface area contributed by atoms with E-state index in [0.717, 1.165) is 16.7 Å². The van der Waals surface area contributed by atoms with Crippen LogP contribution in [0.3, 0.4) is 0 Å². The van der Waals surface area contributed by atoms with Crippen LogP contribution in [0.5, 0.6) is 5.75 Å². The van der Waals surface area contributed by atoms with E-state index in [1.807, 2.05) is 83.1 Å². The van der Waals surface area contributed by atoms with Crippen LogP contribution in [0.1, 0.15) is 76.3 Å². The van der Waals surface area contributed by atoms with Crippen LogP contribution in [0.25, 0.3) is 0 Å². The van der Waals surface area contributed by atoms with Crippen LogP contribution in [0.4, 0.5) is 10.5 Å². The van der Waals surface area contributed by atoms with E-state index in [4.69, 9.17) is 4.74 Å². The Morgan fingerprint density at radius 1 is 0.907 bits per heavy atom. The number of aromatic hydroxyl groups is 1. The lowest BCUT2D eigenvalue weighted by Crippen LogP contribution is -2.59. The van der Waals surface area contributed by atoms with Gasteiger partial charge in [0.15, 0.2) is 0 Å². The van der Waals surface area contributed by atoms with E-state index in [1.165, 1.54) is 12.1 Å². The van der Waals surface area contributed by atoms with Crippen molar-refractivity contribution in [2.75, 3.05) is 5.32 Å². The summed E-state index contributed by atoms with van der Waals surface area (Å²) in [5.74, 6) is -0.708. The van der Waals surface area contributed by atoms with E-state index >= 15 is 0 Å². The molecule has 0 aromatic heterocycles. The minimum absolute atomic E-state index is 0.0906.